The molecule has 1 rings (SSSR count). The molecule has 0 amide bonds. The quantitative estimate of drug-likeness (QED) is 0.731. The lowest BCUT2D eigenvalue weighted by Gasteiger charge is -2.25. The summed E-state index contributed by atoms with van der Waals surface area (Å²) in [6, 6.07) is 7.42. The third-order valence-corrected chi connectivity index (χ3v) is 3.43. The molecule has 0 radical (unpaired) electrons. The fourth-order valence-corrected chi connectivity index (χ4v) is 2.38. The smallest absolute Gasteiger partial charge is 0.123 e. The molecule has 1 N–H and O–H groups in total. The monoisotopic (exact) mass is 251 g/mol. The third kappa shape index (κ3) is 5.18. The fourth-order valence-electron chi connectivity index (χ4n) is 2.38. The molecule has 1 aromatic carbocycles. The minimum atomic E-state index is -0.134. The topological polar surface area (TPSA) is 12.0 Å². The predicted octanol–water partition coefficient (Wildman–Crippen LogP) is 4.17. The second kappa shape index (κ2) is 8.25. The van der Waals surface area contributed by atoms with E-state index in [1.54, 1.807) is 12.1 Å². The van der Waals surface area contributed by atoms with Gasteiger partial charge in [-0.15, -0.1) is 0 Å². The van der Waals surface area contributed by atoms with Gasteiger partial charge < -0.3 is 5.32 Å². The molecule has 1 aromatic rings. The van der Waals surface area contributed by atoms with E-state index in [4.69, 9.17) is 0 Å². The van der Waals surface area contributed by atoms with E-state index in [9.17, 15) is 4.39 Å². The van der Waals surface area contributed by atoms with Crippen molar-refractivity contribution in [3.8, 4) is 0 Å². The van der Waals surface area contributed by atoms with E-state index in [0.29, 0.717) is 12.0 Å². The van der Waals surface area contributed by atoms with E-state index in [2.05, 4.69) is 26.1 Å². The van der Waals surface area contributed by atoms with Gasteiger partial charge in [0.25, 0.3) is 0 Å². The highest BCUT2D eigenvalue weighted by molar-refractivity contribution is 5.17. The van der Waals surface area contributed by atoms with Crippen molar-refractivity contribution >= 4 is 0 Å². The number of halogens is 1. The molecular weight excluding hydrogens is 225 g/mol. The van der Waals surface area contributed by atoms with Crippen molar-refractivity contribution in [3.63, 3.8) is 0 Å². The van der Waals surface area contributed by atoms with Gasteiger partial charge in [-0.3, -0.25) is 0 Å². The molecule has 18 heavy (non-hydrogen) atoms. The molecule has 2 unspecified atom stereocenters. The Bertz CT molecular complexity index is 338. The Morgan fingerprint density at radius 3 is 2.61 bits per heavy atom. The maximum Gasteiger partial charge on any atom is 0.123 e. The Balaban J connectivity index is 2.64. The Morgan fingerprint density at radius 2 is 2.00 bits per heavy atom. The molecule has 0 bridgehead atoms. The summed E-state index contributed by atoms with van der Waals surface area (Å²) in [6.07, 6.45) is 4.47. The molecule has 1 nitrogen and oxygen atoms in total. The minimum absolute atomic E-state index is 0.134. The zero-order valence-electron chi connectivity index (χ0n) is 11.9. The highest BCUT2D eigenvalue weighted by atomic mass is 19.1. The van der Waals surface area contributed by atoms with Crippen LogP contribution in [0.1, 0.15) is 45.6 Å². The molecule has 0 aliphatic carbocycles. The minimum Gasteiger partial charge on any atom is -0.313 e. The van der Waals surface area contributed by atoms with Crippen LogP contribution in [0, 0.1) is 11.7 Å². The second-order valence-corrected chi connectivity index (χ2v) is 5.16. The van der Waals surface area contributed by atoms with Gasteiger partial charge in [-0.2, -0.15) is 0 Å². The van der Waals surface area contributed by atoms with Crippen molar-refractivity contribution in [2.45, 2.75) is 52.5 Å². The van der Waals surface area contributed by atoms with E-state index >= 15 is 0 Å². The fraction of sp³-hybridized carbons (Fsp3) is 0.625. The van der Waals surface area contributed by atoms with Crippen molar-refractivity contribution in [1.82, 2.24) is 5.32 Å². The number of hydrogen-bond donors (Lipinski definition) is 1. The zero-order valence-corrected chi connectivity index (χ0v) is 11.9. The average molecular weight is 251 g/mol. The summed E-state index contributed by atoms with van der Waals surface area (Å²) in [4.78, 5) is 0. The van der Waals surface area contributed by atoms with Gasteiger partial charge in [-0.1, -0.05) is 39.3 Å². The van der Waals surface area contributed by atoms with Gasteiger partial charge in [-0.25, -0.2) is 4.39 Å². The van der Waals surface area contributed by atoms with Gasteiger partial charge in [0, 0.05) is 6.04 Å². The molecule has 2 heteroatoms. The van der Waals surface area contributed by atoms with E-state index < -0.39 is 0 Å². The SMILES string of the molecule is CCCNC(Cc1cccc(F)c1)C(C)CCC. The van der Waals surface area contributed by atoms with E-state index in [1.807, 2.05) is 6.07 Å². The summed E-state index contributed by atoms with van der Waals surface area (Å²) < 4.78 is 13.2. The molecule has 0 spiro atoms. The van der Waals surface area contributed by atoms with Crippen LogP contribution >= 0.6 is 0 Å². The van der Waals surface area contributed by atoms with Crippen LogP contribution in [0.3, 0.4) is 0 Å². The maximum atomic E-state index is 13.2. The molecule has 2 atom stereocenters. The van der Waals surface area contributed by atoms with Gasteiger partial charge in [0.2, 0.25) is 0 Å². The second-order valence-electron chi connectivity index (χ2n) is 5.16. The highest BCUT2D eigenvalue weighted by Crippen LogP contribution is 2.16. The molecule has 0 saturated carbocycles. The van der Waals surface area contributed by atoms with Gasteiger partial charge in [0.15, 0.2) is 0 Å². The van der Waals surface area contributed by atoms with Crippen LogP contribution in [-0.2, 0) is 6.42 Å². The normalized spacial score (nSPS) is 14.4. The Morgan fingerprint density at radius 1 is 1.22 bits per heavy atom. The first-order chi connectivity index (χ1) is 8.67. The van der Waals surface area contributed by atoms with E-state index in [0.717, 1.165) is 24.9 Å². The number of hydrogen-bond acceptors (Lipinski definition) is 1. The number of rotatable bonds is 8. The van der Waals surface area contributed by atoms with Crippen LogP contribution < -0.4 is 5.32 Å². The summed E-state index contributed by atoms with van der Waals surface area (Å²) in [7, 11) is 0. The lowest BCUT2D eigenvalue weighted by Crippen LogP contribution is -2.37. The van der Waals surface area contributed by atoms with Crippen LogP contribution in [0.5, 0.6) is 0 Å². The molecular formula is C16H26FN. The van der Waals surface area contributed by atoms with Crippen LogP contribution in [0.4, 0.5) is 4.39 Å². The Labute approximate surface area is 111 Å². The van der Waals surface area contributed by atoms with Gasteiger partial charge >= 0.3 is 0 Å². The van der Waals surface area contributed by atoms with Crippen molar-refractivity contribution in [3.05, 3.63) is 35.6 Å². The Kier molecular flexibility index (Phi) is 6.96. The molecule has 0 aliphatic heterocycles. The first-order valence-corrected chi connectivity index (χ1v) is 7.15. The van der Waals surface area contributed by atoms with E-state index in [1.165, 1.54) is 18.9 Å². The average Bonchev–Trinajstić information content (AvgIpc) is 2.34. The van der Waals surface area contributed by atoms with Crippen LogP contribution in [0.25, 0.3) is 0 Å². The van der Waals surface area contributed by atoms with Crippen molar-refractivity contribution < 1.29 is 4.39 Å². The third-order valence-electron chi connectivity index (χ3n) is 3.43. The van der Waals surface area contributed by atoms with Crippen molar-refractivity contribution in [2.24, 2.45) is 5.92 Å². The van der Waals surface area contributed by atoms with Gasteiger partial charge in [0.1, 0.15) is 5.82 Å². The molecule has 102 valence electrons. The first-order valence-electron chi connectivity index (χ1n) is 7.15. The zero-order chi connectivity index (χ0) is 13.4. The first kappa shape index (κ1) is 15.2. The van der Waals surface area contributed by atoms with Crippen molar-refractivity contribution in [1.29, 1.82) is 0 Å². The number of benzene rings is 1. The summed E-state index contributed by atoms with van der Waals surface area (Å²) in [6.45, 7) is 7.72. The van der Waals surface area contributed by atoms with Gasteiger partial charge in [0.05, 0.1) is 0 Å². The van der Waals surface area contributed by atoms with Gasteiger partial charge in [-0.05, 0) is 49.4 Å². The molecule has 0 saturated heterocycles. The maximum absolute atomic E-state index is 13.2. The lowest BCUT2D eigenvalue weighted by atomic mass is 9.91. The predicted molar refractivity (Wildman–Crippen MR) is 76.3 cm³/mol. The standard InChI is InChI=1S/C16H26FN/c1-4-7-13(3)16(18-10-5-2)12-14-8-6-9-15(17)11-14/h6,8-9,11,13,16,18H,4-5,7,10,12H2,1-3H3. The van der Waals surface area contributed by atoms with Crippen LogP contribution in [0.15, 0.2) is 24.3 Å². The largest absolute Gasteiger partial charge is 0.313 e. The van der Waals surface area contributed by atoms with Crippen LogP contribution in [-0.4, -0.2) is 12.6 Å². The highest BCUT2D eigenvalue weighted by Gasteiger charge is 2.16. The lowest BCUT2D eigenvalue weighted by molar-refractivity contribution is 0.352. The summed E-state index contributed by atoms with van der Waals surface area (Å²) in [5.74, 6) is 0.495. The molecule has 0 heterocycles. The Hall–Kier alpha value is -0.890. The van der Waals surface area contributed by atoms with E-state index in [-0.39, 0.29) is 5.82 Å². The molecule has 0 fully saturated rings. The summed E-state index contributed by atoms with van der Waals surface area (Å²) >= 11 is 0. The summed E-state index contributed by atoms with van der Waals surface area (Å²) in [5.41, 5.74) is 1.09. The van der Waals surface area contributed by atoms with Crippen LogP contribution in [0.2, 0.25) is 0 Å². The summed E-state index contributed by atoms with van der Waals surface area (Å²) in [5, 5.41) is 3.60. The number of nitrogens with one attached hydrogen (secondary N) is 1. The molecule has 0 aromatic heterocycles. The molecule has 0 aliphatic rings. The van der Waals surface area contributed by atoms with Crippen molar-refractivity contribution in [2.75, 3.05) is 6.54 Å².